The lowest BCUT2D eigenvalue weighted by Gasteiger charge is -2.13. The van der Waals surface area contributed by atoms with Crippen molar-refractivity contribution >= 4 is 26.8 Å². The smallest absolute Gasteiger partial charge is 0.0705 e. The van der Waals surface area contributed by atoms with Crippen LogP contribution < -0.4 is 5.73 Å². The SMILES string of the molecule is NC(Cc1ccc2ccccc2n1)c1ccccc1Br. The number of fused-ring (bicyclic) bond motifs is 1. The van der Waals surface area contributed by atoms with Crippen LogP contribution in [0.5, 0.6) is 0 Å². The number of halogens is 1. The fraction of sp³-hybridized carbons (Fsp3) is 0.118. The van der Waals surface area contributed by atoms with Crippen molar-refractivity contribution in [2.75, 3.05) is 0 Å². The molecule has 1 heterocycles. The monoisotopic (exact) mass is 326 g/mol. The fourth-order valence-electron chi connectivity index (χ4n) is 2.33. The molecule has 3 rings (SSSR count). The van der Waals surface area contributed by atoms with Gasteiger partial charge in [-0.3, -0.25) is 4.98 Å². The van der Waals surface area contributed by atoms with Crippen molar-refractivity contribution in [1.29, 1.82) is 0 Å². The predicted octanol–water partition coefficient (Wildman–Crippen LogP) is 4.24. The van der Waals surface area contributed by atoms with Gasteiger partial charge in [0.25, 0.3) is 0 Å². The van der Waals surface area contributed by atoms with Crippen LogP contribution in [0.3, 0.4) is 0 Å². The molecule has 2 nitrogen and oxygen atoms in total. The van der Waals surface area contributed by atoms with Gasteiger partial charge in [0.15, 0.2) is 0 Å². The molecule has 0 radical (unpaired) electrons. The van der Waals surface area contributed by atoms with Crippen LogP contribution in [-0.4, -0.2) is 4.98 Å². The van der Waals surface area contributed by atoms with Crippen LogP contribution in [0.4, 0.5) is 0 Å². The molecule has 0 fully saturated rings. The molecule has 0 saturated heterocycles. The second-order valence-electron chi connectivity index (χ2n) is 4.83. The highest BCUT2D eigenvalue weighted by molar-refractivity contribution is 9.10. The van der Waals surface area contributed by atoms with E-state index in [1.165, 1.54) is 0 Å². The van der Waals surface area contributed by atoms with Crippen molar-refractivity contribution in [1.82, 2.24) is 4.98 Å². The maximum Gasteiger partial charge on any atom is 0.0705 e. The Labute approximate surface area is 126 Å². The zero-order valence-electron chi connectivity index (χ0n) is 11.0. The number of rotatable bonds is 3. The van der Waals surface area contributed by atoms with Crippen molar-refractivity contribution in [2.24, 2.45) is 5.73 Å². The summed E-state index contributed by atoms with van der Waals surface area (Å²) in [6.07, 6.45) is 0.730. The van der Waals surface area contributed by atoms with Gasteiger partial charge in [0.05, 0.1) is 5.52 Å². The molecule has 1 unspecified atom stereocenters. The normalized spacial score (nSPS) is 12.5. The van der Waals surface area contributed by atoms with E-state index in [1.54, 1.807) is 0 Å². The summed E-state index contributed by atoms with van der Waals surface area (Å²) in [5.41, 5.74) is 9.45. The molecule has 2 N–H and O–H groups in total. The Hall–Kier alpha value is -1.71. The lowest BCUT2D eigenvalue weighted by molar-refractivity contribution is 0.706. The van der Waals surface area contributed by atoms with E-state index in [-0.39, 0.29) is 6.04 Å². The second-order valence-corrected chi connectivity index (χ2v) is 5.68. The summed E-state index contributed by atoms with van der Waals surface area (Å²) in [5.74, 6) is 0. The van der Waals surface area contributed by atoms with Crippen molar-refractivity contribution in [3.05, 3.63) is 76.4 Å². The van der Waals surface area contributed by atoms with Crippen LogP contribution >= 0.6 is 15.9 Å². The Bertz CT molecular complexity index is 740. The van der Waals surface area contributed by atoms with E-state index in [2.05, 4.69) is 45.2 Å². The minimum atomic E-state index is -0.0563. The number of hydrogen-bond acceptors (Lipinski definition) is 2. The largest absolute Gasteiger partial charge is 0.324 e. The van der Waals surface area contributed by atoms with Crippen LogP contribution in [0.15, 0.2) is 65.1 Å². The number of hydrogen-bond donors (Lipinski definition) is 1. The standard InChI is InChI=1S/C17H15BrN2/c18-15-7-3-2-6-14(15)16(19)11-13-10-9-12-5-1-4-8-17(12)20-13/h1-10,16H,11,19H2. The first-order valence-corrected chi connectivity index (χ1v) is 7.38. The third kappa shape index (κ3) is 2.74. The molecule has 0 aliphatic rings. The highest BCUT2D eigenvalue weighted by Gasteiger charge is 2.11. The van der Waals surface area contributed by atoms with Crippen molar-refractivity contribution in [2.45, 2.75) is 12.5 Å². The fourth-order valence-corrected chi connectivity index (χ4v) is 2.91. The van der Waals surface area contributed by atoms with Crippen molar-refractivity contribution < 1.29 is 0 Å². The summed E-state index contributed by atoms with van der Waals surface area (Å²) in [6, 6.07) is 20.3. The molecule has 0 amide bonds. The van der Waals surface area contributed by atoms with Gasteiger partial charge in [-0.25, -0.2) is 0 Å². The predicted molar refractivity (Wildman–Crippen MR) is 86.5 cm³/mol. The average molecular weight is 327 g/mol. The summed E-state index contributed by atoms with van der Waals surface area (Å²) in [6.45, 7) is 0. The molecule has 0 saturated carbocycles. The van der Waals surface area contributed by atoms with Gasteiger partial charge < -0.3 is 5.73 Å². The van der Waals surface area contributed by atoms with E-state index in [0.29, 0.717) is 0 Å². The first kappa shape index (κ1) is 13.3. The molecule has 1 aromatic heterocycles. The Morgan fingerprint density at radius 2 is 1.70 bits per heavy atom. The molecule has 3 aromatic rings. The topological polar surface area (TPSA) is 38.9 Å². The van der Waals surface area contributed by atoms with Gasteiger partial charge in [0, 0.05) is 28.0 Å². The zero-order chi connectivity index (χ0) is 13.9. The second kappa shape index (κ2) is 5.73. The Morgan fingerprint density at radius 3 is 2.55 bits per heavy atom. The summed E-state index contributed by atoms with van der Waals surface area (Å²) in [5, 5.41) is 1.16. The average Bonchev–Trinajstić information content (AvgIpc) is 2.47. The number of pyridine rings is 1. The maximum absolute atomic E-state index is 6.30. The highest BCUT2D eigenvalue weighted by atomic mass is 79.9. The molecule has 0 aliphatic carbocycles. The van der Waals surface area contributed by atoms with E-state index in [4.69, 9.17) is 5.73 Å². The molecular formula is C17H15BrN2. The maximum atomic E-state index is 6.30. The van der Waals surface area contributed by atoms with Gasteiger partial charge in [0.1, 0.15) is 0 Å². The molecule has 100 valence electrons. The summed E-state index contributed by atoms with van der Waals surface area (Å²) in [4.78, 5) is 4.68. The number of aromatic nitrogens is 1. The quantitative estimate of drug-likeness (QED) is 0.781. The van der Waals surface area contributed by atoms with Crippen molar-refractivity contribution in [3.8, 4) is 0 Å². The molecule has 1 atom stereocenters. The number of para-hydroxylation sites is 1. The minimum absolute atomic E-state index is 0.0563. The van der Waals surface area contributed by atoms with Crippen LogP contribution in [0, 0.1) is 0 Å². The molecule has 3 heteroatoms. The number of benzene rings is 2. The number of nitrogens with zero attached hydrogens (tertiary/aromatic N) is 1. The molecule has 0 aliphatic heterocycles. The third-order valence-electron chi connectivity index (χ3n) is 3.39. The van der Waals surface area contributed by atoms with Crippen LogP contribution in [0.25, 0.3) is 10.9 Å². The molecule has 0 spiro atoms. The number of nitrogens with two attached hydrogens (primary N) is 1. The van der Waals surface area contributed by atoms with E-state index in [1.807, 2.05) is 36.4 Å². The van der Waals surface area contributed by atoms with E-state index >= 15 is 0 Å². The zero-order valence-corrected chi connectivity index (χ0v) is 12.5. The van der Waals surface area contributed by atoms with Crippen LogP contribution in [0.2, 0.25) is 0 Å². The summed E-state index contributed by atoms with van der Waals surface area (Å²) in [7, 11) is 0. The Balaban J connectivity index is 1.87. The summed E-state index contributed by atoms with van der Waals surface area (Å²) >= 11 is 3.55. The van der Waals surface area contributed by atoms with Gasteiger partial charge >= 0.3 is 0 Å². The lowest BCUT2D eigenvalue weighted by Crippen LogP contribution is -2.14. The van der Waals surface area contributed by atoms with Crippen molar-refractivity contribution in [3.63, 3.8) is 0 Å². The van der Waals surface area contributed by atoms with Gasteiger partial charge in [-0.1, -0.05) is 58.4 Å². The van der Waals surface area contributed by atoms with Gasteiger partial charge in [0.2, 0.25) is 0 Å². The molecule has 0 bridgehead atoms. The van der Waals surface area contributed by atoms with Crippen LogP contribution in [0.1, 0.15) is 17.3 Å². The minimum Gasteiger partial charge on any atom is -0.324 e. The van der Waals surface area contributed by atoms with Crippen LogP contribution in [-0.2, 0) is 6.42 Å². The third-order valence-corrected chi connectivity index (χ3v) is 4.11. The van der Waals surface area contributed by atoms with Gasteiger partial charge in [-0.15, -0.1) is 0 Å². The first-order chi connectivity index (χ1) is 9.74. The molecule has 2 aromatic carbocycles. The van der Waals surface area contributed by atoms with E-state index in [0.717, 1.165) is 33.1 Å². The Morgan fingerprint density at radius 1 is 0.950 bits per heavy atom. The Kier molecular flexibility index (Phi) is 3.81. The highest BCUT2D eigenvalue weighted by Crippen LogP contribution is 2.24. The van der Waals surface area contributed by atoms with E-state index < -0.39 is 0 Å². The van der Waals surface area contributed by atoms with Gasteiger partial charge in [-0.2, -0.15) is 0 Å². The summed E-state index contributed by atoms with van der Waals surface area (Å²) < 4.78 is 1.05. The van der Waals surface area contributed by atoms with E-state index in [9.17, 15) is 0 Å². The lowest BCUT2D eigenvalue weighted by atomic mass is 10.0. The first-order valence-electron chi connectivity index (χ1n) is 6.59. The van der Waals surface area contributed by atoms with Gasteiger partial charge in [-0.05, 0) is 23.8 Å². The molecule has 20 heavy (non-hydrogen) atoms. The molecular weight excluding hydrogens is 312 g/mol.